The normalized spacial score (nSPS) is 11.7. The van der Waals surface area contributed by atoms with Gasteiger partial charge in [-0.05, 0) is 59.2 Å². The molecule has 8 aromatic carbocycles. The summed E-state index contributed by atoms with van der Waals surface area (Å²) in [4.78, 5) is 20.7. The Morgan fingerprint density at radius 2 is 0.864 bits per heavy atom. The van der Waals surface area contributed by atoms with Crippen LogP contribution < -0.4 is 0 Å². The molecule has 59 heavy (non-hydrogen) atoms. The maximum absolute atomic E-state index is 5.37. The van der Waals surface area contributed by atoms with Crippen molar-refractivity contribution in [3.05, 3.63) is 182 Å². The minimum atomic E-state index is 0.627. The first-order valence-corrected chi connectivity index (χ1v) is 21.9. The molecule has 0 aliphatic heterocycles. The van der Waals surface area contributed by atoms with Crippen LogP contribution in [0.3, 0.4) is 0 Å². The quantitative estimate of drug-likeness (QED) is 0.168. The summed E-state index contributed by atoms with van der Waals surface area (Å²) in [6.45, 7) is 0. The highest BCUT2D eigenvalue weighted by Crippen LogP contribution is 2.48. The molecule has 0 aliphatic carbocycles. The van der Waals surface area contributed by atoms with Gasteiger partial charge in [-0.1, -0.05) is 140 Å². The highest BCUT2D eigenvalue weighted by Gasteiger charge is 2.20. The zero-order valence-electron chi connectivity index (χ0n) is 31.3. The summed E-state index contributed by atoms with van der Waals surface area (Å²) in [5.74, 6) is 1.90. The molecule has 0 fully saturated rings. The summed E-state index contributed by atoms with van der Waals surface area (Å²) < 4.78 is 6.34. The Balaban J connectivity index is 1.02. The van der Waals surface area contributed by atoms with Crippen LogP contribution in [0.15, 0.2) is 182 Å². The summed E-state index contributed by atoms with van der Waals surface area (Å²) in [7, 11) is 0. The van der Waals surface area contributed by atoms with Crippen LogP contribution in [0.25, 0.3) is 118 Å². The molecule has 0 aliphatic rings. The van der Waals surface area contributed by atoms with Crippen LogP contribution in [0, 0.1) is 0 Å². The predicted octanol–water partition coefficient (Wildman–Crippen LogP) is 15.2. The van der Waals surface area contributed by atoms with E-state index in [0.717, 1.165) is 55.0 Å². The Labute approximate surface area is 351 Å². The van der Waals surface area contributed by atoms with Crippen LogP contribution >= 0.6 is 34.0 Å². The lowest BCUT2D eigenvalue weighted by Gasteiger charge is -2.11. The SMILES string of the molecule is c1ccc(-c2cccc(-c3nc(-c4ccccc4)nc(-c4cccc(-c5cc6nc(-c7ccc8sc9ccccc9c8c7)sc6c6c5sc5ccccc56)c4)n3)c2)cc1. The summed E-state index contributed by atoms with van der Waals surface area (Å²) in [5.41, 5.74) is 9.46. The molecule has 0 bridgehead atoms. The number of benzene rings is 8. The second kappa shape index (κ2) is 13.9. The molecule has 12 rings (SSSR count). The van der Waals surface area contributed by atoms with E-state index >= 15 is 0 Å². The number of hydrogen-bond donors (Lipinski definition) is 0. The largest absolute Gasteiger partial charge is 0.236 e. The molecule has 4 aromatic heterocycles. The predicted molar refractivity (Wildman–Crippen MR) is 251 cm³/mol. The molecule has 0 saturated heterocycles. The van der Waals surface area contributed by atoms with Gasteiger partial charge < -0.3 is 0 Å². The molecule has 12 aromatic rings. The van der Waals surface area contributed by atoms with Gasteiger partial charge in [-0.15, -0.1) is 34.0 Å². The minimum Gasteiger partial charge on any atom is -0.236 e. The Hall–Kier alpha value is -6.90. The van der Waals surface area contributed by atoms with Crippen molar-refractivity contribution >= 4 is 84.6 Å². The smallest absolute Gasteiger partial charge is 0.164 e. The van der Waals surface area contributed by atoms with Crippen molar-refractivity contribution in [1.82, 2.24) is 19.9 Å². The third-order valence-corrected chi connectivity index (χ3v) is 14.4. The van der Waals surface area contributed by atoms with Crippen LogP contribution in [0.1, 0.15) is 0 Å². The monoisotopic (exact) mass is 806 g/mol. The average molecular weight is 807 g/mol. The number of thiophene rings is 2. The number of fused-ring (bicyclic) bond motifs is 8. The summed E-state index contributed by atoms with van der Waals surface area (Å²) in [6, 6.07) is 64.2. The molecule has 4 heterocycles. The van der Waals surface area contributed by atoms with Crippen molar-refractivity contribution in [1.29, 1.82) is 0 Å². The zero-order valence-corrected chi connectivity index (χ0v) is 33.8. The van der Waals surface area contributed by atoms with Gasteiger partial charge >= 0.3 is 0 Å². The summed E-state index contributed by atoms with van der Waals surface area (Å²) in [5, 5.41) is 6.14. The molecule has 0 spiro atoms. The van der Waals surface area contributed by atoms with E-state index in [4.69, 9.17) is 19.9 Å². The number of hydrogen-bond acceptors (Lipinski definition) is 7. The van der Waals surface area contributed by atoms with Gasteiger partial charge in [0.2, 0.25) is 0 Å². The fourth-order valence-corrected chi connectivity index (χ4v) is 11.6. The molecule has 0 atom stereocenters. The lowest BCUT2D eigenvalue weighted by molar-refractivity contribution is 1.07. The fraction of sp³-hybridized carbons (Fsp3) is 0. The molecule has 4 nitrogen and oxygen atoms in total. The van der Waals surface area contributed by atoms with E-state index in [-0.39, 0.29) is 0 Å². The Kier molecular flexibility index (Phi) is 8.04. The van der Waals surface area contributed by atoms with E-state index in [1.54, 1.807) is 11.3 Å². The zero-order chi connectivity index (χ0) is 38.9. The van der Waals surface area contributed by atoms with Gasteiger partial charge in [0.1, 0.15) is 5.01 Å². The maximum Gasteiger partial charge on any atom is 0.164 e. The minimum absolute atomic E-state index is 0.627. The fourth-order valence-electron chi connectivity index (χ4n) is 8.11. The molecular formula is C52H30N4S3. The van der Waals surface area contributed by atoms with Crippen molar-refractivity contribution in [2.75, 3.05) is 0 Å². The number of aromatic nitrogens is 4. The molecule has 0 saturated carbocycles. The van der Waals surface area contributed by atoms with Crippen molar-refractivity contribution in [3.8, 4) is 67.0 Å². The number of rotatable bonds is 6. The van der Waals surface area contributed by atoms with Crippen LogP contribution in [0.2, 0.25) is 0 Å². The molecule has 0 radical (unpaired) electrons. The average Bonchev–Trinajstić information content (AvgIpc) is 4.03. The lowest BCUT2D eigenvalue weighted by Crippen LogP contribution is -2.00. The van der Waals surface area contributed by atoms with Gasteiger partial charge in [-0.2, -0.15) is 0 Å². The van der Waals surface area contributed by atoms with Crippen LogP contribution in [-0.2, 0) is 0 Å². The van der Waals surface area contributed by atoms with Crippen LogP contribution in [0.5, 0.6) is 0 Å². The Bertz CT molecular complexity index is 3570. The highest BCUT2D eigenvalue weighted by molar-refractivity contribution is 7.28. The Morgan fingerprint density at radius 1 is 0.305 bits per heavy atom. The van der Waals surface area contributed by atoms with Gasteiger partial charge in [0.15, 0.2) is 17.5 Å². The molecule has 7 heteroatoms. The Morgan fingerprint density at radius 3 is 1.61 bits per heavy atom. The third kappa shape index (κ3) is 5.93. The molecule has 276 valence electrons. The van der Waals surface area contributed by atoms with E-state index < -0.39 is 0 Å². The second-order valence-corrected chi connectivity index (χ2v) is 17.7. The highest BCUT2D eigenvalue weighted by atomic mass is 32.1. The van der Waals surface area contributed by atoms with Crippen LogP contribution in [-0.4, -0.2) is 19.9 Å². The molecule has 0 unspecified atom stereocenters. The molecule has 0 amide bonds. The van der Waals surface area contributed by atoms with E-state index in [2.05, 4.69) is 158 Å². The summed E-state index contributed by atoms with van der Waals surface area (Å²) >= 11 is 5.48. The van der Waals surface area contributed by atoms with Gasteiger partial charge in [0.25, 0.3) is 0 Å². The summed E-state index contributed by atoms with van der Waals surface area (Å²) in [6.07, 6.45) is 0. The van der Waals surface area contributed by atoms with Gasteiger partial charge in [0, 0.05) is 68.2 Å². The number of nitrogens with zero attached hydrogens (tertiary/aromatic N) is 4. The molecule has 0 N–H and O–H groups in total. The van der Waals surface area contributed by atoms with Crippen molar-refractivity contribution < 1.29 is 0 Å². The second-order valence-electron chi connectivity index (χ2n) is 14.6. The van der Waals surface area contributed by atoms with Crippen molar-refractivity contribution in [2.45, 2.75) is 0 Å². The van der Waals surface area contributed by atoms with E-state index in [1.807, 2.05) is 46.9 Å². The maximum atomic E-state index is 5.37. The first-order valence-electron chi connectivity index (χ1n) is 19.4. The molecular weight excluding hydrogens is 777 g/mol. The first kappa shape index (κ1) is 34.2. The van der Waals surface area contributed by atoms with Gasteiger partial charge in [0.05, 0.1) is 10.2 Å². The van der Waals surface area contributed by atoms with Gasteiger partial charge in [-0.25, -0.2) is 19.9 Å². The van der Waals surface area contributed by atoms with E-state index in [1.165, 1.54) is 45.0 Å². The van der Waals surface area contributed by atoms with Crippen molar-refractivity contribution in [3.63, 3.8) is 0 Å². The van der Waals surface area contributed by atoms with E-state index in [0.29, 0.717) is 17.5 Å². The first-order chi connectivity index (χ1) is 29.2. The topological polar surface area (TPSA) is 51.6 Å². The number of thiazole rings is 1. The van der Waals surface area contributed by atoms with Crippen LogP contribution in [0.4, 0.5) is 0 Å². The van der Waals surface area contributed by atoms with E-state index in [9.17, 15) is 0 Å². The van der Waals surface area contributed by atoms with Crippen molar-refractivity contribution in [2.24, 2.45) is 0 Å². The lowest BCUT2D eigenvalue weighted by atomic mass is 9.99. The standard InChI is InChI=1S/C52H30N4S3/c1-3-13-31(14-4-1)33-17-11-19-35(27-33)50-54-49(32-15-5-2-6-16-32)55-51(56-50)36-20-12-18-34(28-36)40-30-42-48(46-39-22-8-10-24-44(39)58-47(40)46)59-52(53-42)37-25-26-45-41(29-37)38-21-7-9-23-43(38)57-45/h1-30H. The van der Waals surface area contributed by atoms with Gasteiger partial charge in [-0.3, -0.25) is 0 Å². The third-order valence-electron chi connectivity index (χ3n) is 11.0.